The van der Waals surface area contributed by atoms with Gasteiger partial charge in [0, 0.05) is 39.8 Å². The maximum absolute atomic E-state index is 5.91. The van der Waals surface area contributed by atoms with E-state index >= 15 is 0 Å². The summed E-state index contributed by atoms with van der Waals surface area (Å²) in [5.41, 5.74) is 1.18. The highest BCUT2D eigenvalue weighted by molar-refractivity contribution is 4.94. The molecule has 0 aromatic carbocycles. The van der Waals surface area contributed by atoms with E-state index in [-0.39, 0.29) is 0 Å². The van der Waals surface area contributed by atoms with Crippen LogP contribution in [0.25, 0.3) is 0 Å². The molecule has 2 heterocycles. The monoisotopic (exact) mass is 279 g/mol. The molecule has 1 aromatic rings. The zero-order valence-electron chi connectivity index (χ0n) is 12.5. The smallest absolute Gasteiger partial charge is 0.0829 e. The molecule has 0 bridgehead atoms. The molecule has 6 nitrogen and oxygen atoms in total. The number of hydrogen-bond acceptors (Lipinski definition) is 5. The van der Waals surface area contributed by atoms with Crippen molar-refractivity contribution >= 4 is 0 Å². The van der Waals surface area contributed by atoms with Gasteiger partial charge in [-0.3, -0.25) is 9.58 Å². The lowest BCUT2D eigenvalue weighted by Crippen LogP contribution is -2.46. The van der Waals surface area contributed by atoms with Gasteiger partial charge in [0.25, 0.3) is 0 Å². The Morgan fingerprint density at radius 2 is 2.20 bits per heavy atom. The van der Waals surface area contributed by atoms with E-state index in [1.807, 2.05) is 17.9 Å². The number of rotatable bonds is 6. The van der Waals surface area contributed by atoms with E-state index in [1.54, 1.807) is 0 Å². The van der Waals surface area contributed by atoms with Crippen molar-refractivity contribution < 1.29 is 4.74 Å². The lowest BCUT2D eigenvalue weighted by Gasteiger charge is -2.34. The molecule has 1 aliphatic carbocycles. The van der Waals surface area contributed by atoms with Crippen molar-refractivity contribution in [3.05, 3.63) is 11.9 Å². The molecular formula is C14H25N5O. The maximum atomic E-state index is 5.91. The van der Waals surface area contributed by atoms with Crippen molar-refractivity contribution in [3.63, 3.8) is 0 Å². The Kier molecular flexibility index (Phi) is 4.33. The van der Waals surface area contributed by atoms with Gasteiger partial charge in [0.2, 0.25) is 0 Å². The molecule has 0 radical (unpaired) electrons. The van der Waals surface area contributed by atoms with E-state index < -0.39 is 0 Å². The van der Waals surface area contributed by atoms with E-state index in [9.17, 15) is 0 Å². The third-order valence-corrected chi connectivity index (χ3v) is 4.21. The van der Waals surface area contributed by atoms with Gasteiger partial charge in [-0.15, -0.1) is 5.10 Å². The molecule has 6 heteroatoms. The second-order valence-electron chi connectivity index (χ2n) is 6.24. The van der Waals surface area contributed by atoms with Crippen molar-refractivity contribution in [1.29, 1.82) is 0 Å². The van der Waals surface area contributed by atoms with Crippen LogP contribution in [0.5, 0.6) is 0 Å². The minimum atomic E-state index is 0.327. The third-order valence-electron chi connectivity index (χ3n) is 4.21. The van der Waals surface area contributed by atoms with E-state index in [4.69, 9.17) is 4.74 Å². The number of morpholine rings is 1. The third kappa shape index (κ3) is 3.77. The maximum Gasteiger partial charge on any atom is 0.0829 e. The Morgan fingerprint density at radius 3 is 2.85 bits per heavy atom. The van der Waals surface area contributed by atoms with Crippen LogP contribution in [0, 0.1) is 5.92 Å². The first-order valence-corrected chi connectivity index (χ1v) is 7.57. The van der Waals surface area contributed by atoms with Crippen molar-refractivity contribution in [1.82, 2.24) is 24.8 Å². The average Bonchev–Trinajstić information content (AvgIpc) is 3.13. The van der Waals surface area contributed by atoms with Gasteiger partial charge in [0.1, 0.15) is 0 Å². The second kappa shape index (κ2) is 6.20. The summed E-state index contributed by atoms with van der Waals surface area (Å²) < 4.78 is 7.78. The minimum Gasteiger partial charge on any atom is -0.374 e. The molecule has 1 aromatic heterocycles. The highest BCUT2D eigenvalue weighted by Crippen LogP contribution is 2.30. The van der Waals surface area contributed by atoms with Crippen LogP contribution >= 0.6 is 0 Å². The van der Waals surface area contributed by atoms with Gasteiger partial charge in [-0.25, -0.2) is 0 Å². The highest BCUT2D eigenvalue weighted by atomic mass is 16.5. The standard InChI is InChI=1S/C14H25N5O/c1-17-5-6-20-14(10-17)11-19(8-12-3-4-12)9-13-7-15-16-18(13)2/h7,12,14H,3-6,8-11H2,1-2H3/t14-/m1/s1. The zero-order chi connectivity index (χ0) is 13.9. The lowest BCUT2D eigenvalue weighted by molar-refractivity contribution is -0.0375. The summed E-state index contributed by atoms with van der Waals surface area (Å²) in [5.74, 6) is 0.887. The molecule has 0 spiro atoms. The highest BCUT2D eigenvalue weighted by Gasteiger charge is 2.27. The van der Waals surface area contributed by atoms with Gasteiger partial charge in [0.15, 0.2) is 0 Å². The first kappa shape index (κ1) is 14.0. The Balaban J connectivity index is 1.58. The summed E-state index contributed by atoms with van der Waals surface area (Å²) in [4.78, 5) is 4.87. The van der Waals surface area contributed by atoms with Crippen LogP contribution in [-0.4, -0.2) is 70.7 Å². The molecule has 1 saturated heterocycles. The van der Waals surface area contributed by atoms with Crippen molar-refractivity contribution in [2.45, 2.75) is 25.5 Å². The van der Waals surface area contributed by atoms with Crippen LogP contribution in [0.15, 0.2) is 6.20 Å². The molecular weight excluding hydrogens is 254 g/mol. The summed E-state index contributed by atoms with van der Waals surface area (Å²) in [6.07, 6.45) is 4.96. The number of nitrogens with zero attached hydrogens (tertiary/aromatic N) is 5. The van der Waals surface area contributed by atoms with E-state index in [2.05, 4.69) is 27.2 Å². The van der Waals surface area contributed by atoms with Gasteiger partial charge in [-0.1, -0.05) is 5.21 Å². The lowest BCUT2D eigenvalue weighted by atomic mass is 10.2. The Bertz CT molecular complexity index is 431. The van der Waals surface area contributed by atoms with E-state index in [0.717, 1.165) is 38.7 Å². The van der Waals surface area contributed by atoms with Gasteiger partial charge in [-0.05, 0) is 25.8 Å². The molecule has 0 unspecified atom stereocenters. The summed E-state index contributed by atoms with van der Waals surface area (Å²) in [5, 5.41) is 8.00. The first-order valence-electron chi connectivity index (χ1n) is 7.57. The summed E-state index contributed by atoms with van der Waals surface area (Å²) in [7, 11) is 4.13. The number of ether oxygens (including phenoxy) is 1. The van der Waals surface area contributed by atoms with Gasteiger partial charge in [-0.2, -0.15) is 0 Å². The fourth-order valence-electron chi connectivity index (χ4n) is 2.82. The van der Waals surface area contributed by atoms with E-state index in [0.29, 0.717) is 6.10 Å². The first-order chi connectivity index (χ1) is 9.70. The number of hydrogen-bond donors (Lipinski definition) is 0. The average molecular weight is 279 g/mol. The molecule has 20 heavy (non-hydrogen) atoms. The number of likely N-dealkylation sites (N-methyl/N-ethyl adjacent to an activating group) is 1. The molecule has 1 saturated carbocycles. The SMILES string of the molecule is CN1CCO[C@@H](CN(Cc2cnnn2C)CC2CC2)C1. The van der Waals surface area contributed by atoms with Crippen LogP contribution in [0.4, 0.5) is 0 Å². The molecule has 2 aliphatic rings. The van der Waals surface area contributed by atoms with Crippen LogP contribution in [0.1, 0.15) is 18.5 Å². The van der Waals surface area contributed by atoms with Crippen LogP contribution in [0.2, 0.25) is 0 Å². The van der Waals surface area contributed by atoms with Gasteiger partial charge < -0.3 is 9.64 Å². The van der Waals surface area contributed by atoms with Gasteiger partial charge >= 0.3 is 0 Å². The number of aryl methyl sites for hydroxylation is 1. The van der Waals surface area contributed by atoms with Crippen LogP contribution in [-0.2, 0) is 18.3 Å². The Labute approximate surface area is 120 Å². The summed E-state index contributed by atoms with van der Waals surface area (Å²) in [6.45, 7) is 6.03. The molecule has 0 N–H and O–H groups in total. The normalized spacial score (nSPS) is 24.4. The van der Waals surface area contributed by atoms with Gasteiger partial charge in [0.05, 0.1) is 24.6 Å². The second-order valence-corrected chi connectivity index (χ2v) is 6.24. The summed E-state index contributed by atoms with van der Waals surface area (Å²) >= 11 is 0. The molecule has 0 amide bonds. The molecule has 1 atom stereocenters. The molecule has 1 aliphatic heterocycles. The molecule has 2 fully saturated rings. The predicted molar refractivity (Wildman–Crippen MR) is 76.2 cm³/mol. The fraction of sp³-hybridized carbons (Fsp3) is 0.857. The van der Waals surface area contributed by atoms with Crippen molar-refractivity contribution in [2.24, 2.45) is 13.0 Å². The fourth-order valence-corrected chi connectivity index (χ4v) is 2.82. The Hall–Kier alpha value is -0.980. The zero-order valence-corrected chi connectivity index (χ0v) is 12.5. The van der Waals surface area contributed by atoms with Crippen molar-refractivity contribution in [3.8, 4) is 0 Å². The molecule has 3 rings (SSSR count). The number of aromatic nitrogens is 3. The topological polar surface area (TPSA) is 46.4 Å². The largest absolute Gasteiger partial charge is 0.374 e. The quantitative estimate of drug-likeness (QED) is 0.752. The van der Waals surface area contributed by atoms with E-state index in [1.165, 1.54) is 25.1 Å². The Morgan fingerprint density at radius 1 is 1.35 bits per heavy atom. The predicted octanol–water partition coefficient (Wildman–Crippen LogP) is 0.358. The molecule has 112 valence electrons. The summed E-state index contributed by atoms with van der Waals surface area (Å²) in [6, 6.07) is 0. The van der Waals surface area contributed by atoms with Crippen LogP contribution in [0.3, 0.4) is 0 Å². The minimum absolute atomic E-state index is 0.327. The van der Waals surface area contributed by atoms with Crippen LogP contribution < -0.4 is 0 Å². The van der Waals surface area contributed by atoms with Crippen molar-refractivity contribution in [2.75, 3.05) is 39.8 Å².